The fraction of sp³-hybridized carbons (Fsp3) is 0.450. The number of rotatable bonds is 5. The zero-order valence-electron chi connectivity index (χ0n) is 17.4. The number of nitrogens with one attached hydrogen (secondary N) is 4. The maximum Gasteiger partial charge on any atom is 0.244 e. The molecule has 9 nitrogen and oxygen atoms in total. The molecular formula is C20H26ClN7O2. The van der Waals surface area contributed by atoms with Gasteiger partial charge in [-0.15, -0.1) is 0 Å². The van der Waals surface area contributed by atoms with Crippen LogP contribution in [0, 0.1) is 19.8 Å². The van der Waals surface area contributed by atoms with Crippen LogP contribution in [0.1, 0.15) is 17.9 Å². The molecule has 4 unspecified atom stereocenters. The first kappa shape index (κ1) is 20.6. The van der Waals surface area contributed by atoms with E-state index in [1.54, 1.807) is 20.2 Å². The lowest BCUT2D eigenvalue weighted by molar-refractivity contribution is -0.131. The molecule has 1 aromatic heterocycles. The summed E-state index contributed by atoms with van der Waals surface area (Å²) in [6, 6.07) is 7.28. The lowest BCUT2D eigenvalue weighted by Gasteiger charge is -2.39. The third-order valence-electron chi connectivity index (χ3n) is 5.41. The van der Waals surface area contributed by atoms with Gasteiger partial charge in [-0.1, -0.05) is 17.7 Å². The Morgan fingerprint density at radius 2 is 2.07 bits per heavy atom. The lowest BCUT2D eigenvalue weighted by atomic mass is 9.88. The summed E-state index contributed by atoms with van der Waals surface area (Å²) >= 11 is 6.28. The summed E-state index contributed by atoms with van der Waals surface area (Å²) < 4.78 is 5.47. The van der Waals surface area contributed by atoms with Crippen LogP contribution in [0.15, 0.2) is 24.3 Å². The first-order chi connectivity index (χ1) is 14.4. The zero-order valence-corrected chi connectivity index (χ0v) is 18.1. The first-order valence-electron chi connectivity index (χ1n) is 9.83. The van der Waals surface area contributed by atoms with Gasteiger partial charge in [0.05, 0.1) is 36.1 Å². The molecule has 0 radical (unpaired) electrons. The highest BCUT2D eigenvalue weighted by Crippen LogP contribution is 2.36. The second kappa shape index (κ2) is 8.25. The average molecular weight is 432 g/mol. The van der Waals surface area contributed by atoms with Crippen LogP contribution in [-0.2, 0) is 4.79 Å². The van der Waals surface area contributed by atoms with Crippen LogP contribution in [0.5, 0.6) is 5.75 Å². The van der Waals surface area contributed by atoms with Crippen LogP contribution in [0.4, 0.5) is 11.5 Å². The van der Waals surface area contributed by atoms with Gasteiger partial charge in [-0.25, -0.2) is 15.4 Å². The molecule has 1 amide bonds. The highest BCUT2D eigenvalue weighted by molar-refractivity contribution is 6.32. The predicted octanol–water partition coefficient (Wildman–Crippen LogP) is 1.89. The summed E-state index contributed by atoms with van der Waals surface area (Å²) in [5, 5.41) is 12.5. The molecule has 30 heavy (non-hydrogen) atoms. The maximum absolute atomic E-state index is 12.8. The molecule has 4 N–H and O–H groups in total. The molecule has 2 aromatic rings. The van der Waals surface area contributed by atoms with Crippen molar-refractivity contribution in [3.63, 3.8) is 0 Å². The molecule has 4 rings (SSSR count). The number of halogens is 1. The van der Waals surface area contributed by atoms with Gasteiger partial charge in [-0.2, -0.15) is 0 Å². The van der Waals surface area contributed by atoms with Gasteiger partial charge in [0.2, 0.25) is 5.91 Å². The molecule has 0 spiro atoms. The standard InChI is InChI=1S/C20H26ClN7O2/c1-10-8-15(23-11(2)22-10)25-16-9-14(17-19(26-16)27-28(3)20(17)29)24-13-7-5-6-12(21)18(13)30-4/h5-8,14,16-17,19,24,26-27H,9H2,1-4H3,(H,22,23,25). The van der Waals surface area contributed by atoms with Gasteiger partial charge in [0.25, 0.3) is 0 Å². The van der Waals surface area contributed by atoms with Crippen LogP contribution >= 0.6 is 11.6 Å². The SMILES string of the molecule is COc1c(Cl)cccc1NC1CC(Nc2cc(C)nc(C)n2)NC2NN(C)C(=O)C12. The zero-order chi connectivity index (χ0) is 21.4. The molecule has 160 valence electrons. The second-order valence-corrected chi connectivity index (χ2v) is 8.05. The number of nitrogens with zero attached hydrogens (tertiary/aromatic N) is 3. The topological polar surface area (TPSA) is 103 Å². The number of piperidine rings is 1. The molecule has 10 heteroatoms. The van der Waals surface area contributed by atoms with Crippen molar-refractivity contribution in [1.29, 1.82) is 0 Å². The number of carbonyl (C=O) groups excluding carboxylic acids is 1. The average Bonchev–Trinajstić information content (AvgIpc) is 2.95. The molecule has 0 bridgehead atoms. The number of hydrogen-bond donors (Lipinski definition) is 4. The first-order valence-corrected chi connectivity index (χ1v) is 10.2. The number of amides is 1. The number of ether oxygens (including phenoxy) is 1. The van der Waals surface area contributed by atoms with E-state index in [4.69, 9.17) is 16.3 Å². The highest BCUT2D eigenvalue weighted by Gasteiger charge is 2.48. The van der Waals surface area contributed by atoms with Crippen molar-refractivity contribution in [2.45, 2.75) is 38.6 Å². The number of hydrazine groups is 1. The summed E-state index contributed by atoms with van der Waals surface area (Å²) in [5.41, 5.74) is 4.85. The van der Waals surface area contributed by atoms with E-state index in [-0.39, 0.29) is 30.2 Å². The van der Waals surface area contributed by atoms with Gasteiger partial charge in [0.1, 0.15) is 11.6 Å². The molecule has 2 aliphatic heterocycles. The van der Waals surface area contributed by atoms with E-state index in [1.165, 1.54) is 5.01 Å². The molecule has 2 fully saturated rings. The molecule has 2 saturated heterocycles. The fourth-order valence-electron chi connectivity index (χ4n) is 4.20. The number of aromatic nitrogens is 2. The Balaban J connectivity index is 1.60. The Labute approximate surface area is 180 Å². The number of benzene rings is 1. The predicted molar refractivity (Wildman–Crippen MR) is 115 cm³/mol. The minimum absolute atomic E-state index is 0.0261. The van der Waals surface area contributed by atoms with Crippen LogP contribution in [0.3, 0.4) is 0 Å². The number of hydrogen-bond acceptors (Lipinski definition) is 8. The van der Waals surface area contributed by atoms with Crippen molar-refractivity contribution in [1.82, 2.24) is 25.7 Å². The van der Waals surface area contributed by atoms with Gasteiger partial charge >= 0.3 is 0 Å². The van der Waals surface area contributed by atoms with Gasteiger partial charge in [0.15, 0.2) is 5.75 Å². The fourth-order valence-corrected chi connectivity index (χ4v) is 4.45. The van der Waals surface area contributed by atoms with E-state index < -0.39 is 0 Å². The Kier molecular flexibility index (Phi) is 5.68. The minimum Gasteiger partial charge on any atom is -0.493 e. The van der Waals surface area contributed by atoms with E-state index in [1.807, 2.05) is 32.0 Å². The monoisotopic (exact) mass is 431 g/mol. The summed E-state index contributed by atoms with van der Waals surface area (Å²) in [6.07, 6.45) is 0.301. The van der Waals surface area contributed by atoms with Crippen molar-refractivity contribution in [2.75, 3.05) is 24.8 Å². The van der Waals surface area contributed by atoms with Crippen molar-refractivity contribution >= 4 is 29.0 Å². The van der Waals surface area contributed by atoms with Crippen molar-refractivity contribution in [3.05, 3.63) is 40.8 Å². The quantitative estimate of drug-likeness (QED) is 0.569. The summed E-state index contributed by atoms with van der Waals surface area (Å²) in [4.78, 5) is 21.6. The molecule has 0 aliphatic carbocycles. The summed E-state index contributed by atoms with van der Waals surface area (Å²) in [6.45, 7) is 3.80. The Morgan fingerprint density at radius 1 is 1.27 bits per heavy atom. The molecule has 3 heterocycles. The number of fused-ring (bicyclic) bond motifs is 1. The third-order valence-corrected chi connectivity index (χ3v) is 5.71. The second-order valence-electron chi connectivity index (χ2n) is 7.64. The van der Waals surface area contributed by atoms with Crippen LogP contribution in [0.2, 0.25) is 5.02 Å². The molecule has 1 aromatic carbocycles. The van der Waals surface area contributed by atoms with E-state index in [9.17, 15) is 4.79 Å². The third kappa shape index (κ3) is 4.00. The Hall–Kier alpha value is -2.62. The van der Waals surface area contributed by atoms with Crippen LogP contribution in [-0.4, -0.2) is 53.4 Å². The van der Waals surface area contributed by atoms with Gasteiger partial charge in [-0.3, -0.25) is 15.1 Å². The maximum atomic E-state index is 12.8. The van der Waals surface area contributed by atoms with Crippen LogP contribution in [0.25, 0.3) is 0 Å². The largest absolute Gasteiger partial charge is 0.493 e. The summed E-state index contributed by atoms with van der Waals surface area (Å²) in [7, 11) is 3.32. The Morgan fingerprint density at radius 3 is 2.80 bits per heavy atom. The van der Waals surface area contributed by atoms with Crippen molar-refractivity contribution in [3.8, 4) is 5.75 Å². The van der Waals surface area contributed by atoms with Crippen molar-refractivity contribution < 1.29 is 9.53 Å². The number of anilines is 2. The van der Waals surface area contributed by atoms with Gasteiger partial charge in [-0.05, 0) is 26.0 Å². The van der Waals surface area contributed by atoms with Gasteiger partial charge < -0.3 is 15.4 Å². The lowest BCUT2D eigenvalue weighted by Crippen LogP contribution is -2.60. The number of para-hydroxylation sites is 1. The molecule has 2 aliphatic rings. The number of methoxy groups -OCH3 is 1. The Bertz CT molecular complexity index is 936. The molecule has 0 saturated carbocycles. The smallest absolute Gasteiger partial charge is 0.244 e. The van der Waals surface area contributed by atoms with Crippen molar-refractivity contribution in [2.24, 2.45) is 5.92 Å². The summed E-state index contributed by atoms with van der Waals surface area (Å²) in [5.74, 6) is 1.75. The highest BCUT2D eigenvalue weighted by atomic mass is 35.5. The van der Waals surface area contributed by atoms with E-state index in [0.717, 1.165) is 17.2 Å². The minimum atomic E-state index is -0.286. The van der Waals surface area contributed by atoms with E-state index in [0.29, 0.717) is 23.0 Å². The van der Waals surface area contributed by atoms with E-state index >= 15 is 0 Å². The molecular weight excluding hydrogens is 406 g/mol. The normalized spacial score (nSPS) is 25.8. The van der Waals surface area contributed by atoms with Crippen LogP contribution < -0.4 is 26.1 Å². The molecule has 4 atom stereocenters. The number of carbonyl (C=O) groups is 1. The van der Waals surface area contributed by atoms with Gasteiger partial charge in [0, 0.05) is 31.3 Å². The number of aryl methyl sites for hydroxylation is 2. The van der Waals surface area contributed by atoms with E-state index in [2.05, 4.69) is 31.3 Å².